The molecular formula is C12H17N3O3. The number of carbonyl (C=O) groups is 1. The van der Waals surface area contributed by atoms with Crippen LogP contribution in [0.2, 0.25) is 0 Å². The SMILES string of the molecule is Cc1cccc(NC(C(N)=O)C(C)C)c1[N+](=O)[O-]. The predicted molar refractivity (Wildman–Crippen MR) is 69.3 cm³/mol. The van der Waals surface area contributed by atoms with E-state index >= 15 is 0 Å². The number of rotatable bonds is 5. The number of hydrogen-bond acceptors (Lipinski definition) is 4. The van der Waals surface area contributed by atoms with Gasteiger partial charge in [0.1, 0.15) is 11.7 Å². The van der Waals surface area contributed by atoms with Gasteiger partial charge in [0, 0.05) is 5.56 Å². The number of amides is 1. The average Bonchev–Trinajstić information content (AvgIpc) is 2.24. The molecule has 1 atom stereocenters. The van der Waals surface area contributed by atoms with Crippen molar-refractivity contribution in [3.8, 4) is 0 Å². The van der Waals surface area contributed by atoms with Crippen LogP contribution < -0.4 is 11.1 Å². The Bertz CT molecular complexity index is 472. The molecule has 0 aromatic heterocycles. The van der Waals surface area contributed by atoms with Gasteiger partial charge in [-0.1, -0.05) is 26.0 Å². The number of anilines is 1. The summed E-state index contributed by atoms with van der Waals surface area (Å²) in [5.41, 5.74) is 6.11. The predicted octanol–water partition coefficient (Wildman–Crippen LogP) is 1.83. The Kier molecular flexibility index (Phi) is 4.25. The van der Waals surface area contributed by atoms with Gasteiger partial charge in [0.2, 0.25) is 5.91 Å². The summed E-state index contributed by atoms with van der Waals surface area (Å²) in [5, 5.41) is 13.9. The molecule has 1 amide bonds. The van der Waals surface area contributed by atoms with E-state index in [0.717, 1.165) is 0 Å². The number of benzene rings is 1. The maximum absolute atomic E-state index is 11.3. The molecule has 0 aliphatic carbocycles. The normalized spacial score (nSPS) is 12.2. The lowest BCUT2D eigenvalue weighted by atomic mass is 10.0. The maximum atomic E-state index is 11.3. The summed E-state index contributed by atoms with van der Waals surface area (Å²) in [6.45, 7) is 5.30. The number of hydrogen-bond donors (Lipinski definition) is 2. The molecule has 1 unspecified atom stereocenters. The first-order valence-corrected chi connectivity index (χ1v) is 5.64. The van der Waals surface area contributed by atoms with E-state index in [1.54, 1.807) is 25.1 Å². The van der Waals surface area contributed by atoms with Gasteiger partial charge in [0.25, 0.3) is 5.69 Å². The summed E-state index contributed by atoms with van der Waals surface area (Å²) >= 11 is 0. The van der Waals surface area contributed by atoms with Gasteiger partial charge in [-0.05, 0) is 18.9 Å². The average molecular weight is 251 g/mol. The number of nitrogens with two attached hydrogens (primary N) is 1. The van der Waals surface area contributed by atoms with Crippen LogP contribution in [0.1, 0.15) is 19.4 Å². The molecule has 0 radical (unpaired) electrons. The number of carbonyl (C=O) groups excluding carboxylic acids is 1. The molecule has 3 N–H and O–H groups in total. The van der Waals surface area contributed by atoms with Gasteiger partial charge in [-0.3, -0.25) is 14.9 Å². The summed E-state index contributed by atoms with van der Waals surface area (Å²) in [7, 11) is 0. The molecule has 0 saturated heterocycles. The number of primary amides is 1. The molecule has 1 aromatic carbocycles. The van der Waals surface area contributed by atoms with Gasteiger partial charge in [0.05, 0.1) is 4.92 Å². The molecule has 0 heterocycles. The Labute approximate surface area is 105 Å². The lowest BCUT2D eigenvalue weighted by Crippen LogP contribution is -2.39. The van der Waals surface area contributed by atoms with Crippen LogP contribution in [-0.2, 0) is 4.79 Å². The van der Waals surface area contributed by atoms with Crippen molar-refractivity contribution in [3.05, 3.63) is 33.9 Å². The van der Waals surface area contributed by atoms with E-state index in [2.05, 4.69) is 5.32 Å². The van der Waals surface area contributed by atoms with Crippen LogP contribution >= 0.6 is 0 Å². The third-order valence-electron chi connectivity index (χ3n) is 2.70. The molecule has 98 valence electrons. The molecule has 0 aliphatic rings. The molecular weight excluding hydrogens is 234 g/mol. The Morgan fingerprint density at radius 1 is 1.44 bits per heavy atom. The molecule has 6 nitrogen and oxygen atoms in total. The van der Waals surface area contributed by atoms with Gasteiger partial charge in [-0.2, -0.15) is 0 Å². The standard InChI is InChI=1S/C12H17N3O3/c1-7(2)10(12(13)16)14-9-6-4-5-8(3)11(9)15(17)18/h4-7,10,14H,1-3H3,(H2,13,16). The minimum absolute atomic E-state index is 0.0237. The molecule has 0 fully saturated rings. The summed E-state index contributed by atoms with van der Waals surface area (Å²) in [5.74, 6) is -0.580. The Morgan fingerprint density at radius 2 is 2.06 bits per heavy atom. The van der Waals surface area contributed by atoms with Crippen molar-refractivity contribution in [2.24, 2.45) is 11.7 Å². The number of nitrogens with one attached hydrogen (secondary N) is 1. The molecule has 18 heavy (non-hydrogen) atoms. The summed E-state index contributed by atoms with van der Waals surface area (Å²) in [4.78, 5) is 21.9. The zero-order chi connectivity index (χ0) is 13.9. The van der Waals surface area contributed by atoms with Gasteiger partial charge in [-0.15, -0.1) is 0 Å². The van der Waals surface area contributed by atoms with E-state index in [9.17, 15) is 14.9 Å². The smallest absolute Gasteiger partial charge is 0.295 e. The van der Waals surface area contributed by atoms with Gasteiger partial charge in [-0.25, -0.2) is 0 Å². The van der Waals surface area contributed by atoms with Crippen molar-refractivity contribution in [2.75, 3.05) is 5.32 Å². The molecule has 1 aromatic rings. The number of nitro groups is 1. The van der Waals surface area contributed by atoms with Crippen molar-refractivity contribution < 1.29 is 9.72 Å². The van der Waals surface area contributed by atoms with Crippen LogP contribution in [0.3, 0.4) is 0 Å². The third-order valence-corrected chi connectivity index (χ3v) is 2.70. The zero-order valence-corrected chi connectivity index (χ0v) is 10.6. The van der Waals surface area contributed by atoms with Crippen molar-refractivity contribution >= 4 is 17.3 Å². The van der Waals surface area contributed by atoms with Crippen LogP contribution in [0.4, 0.5) is 11.4 Å². The number of aryl methyl sites for hydroxylation is 1. The van der Waals surface area contributed by atoms with Crippen LogP contribution in [-0.4, -0.2) is 16.9 Å². The van der Waals surface area contributed by atoms with E-state index in [-0.39, 0.29) is 11.6 Å². The fourth-order valence-electron chi connectivity index (χ4n) is 1.75. The topological polar surface area (TPSA) is 98.3 Å². The Morgan fingerprint density at radius 3 is 2.50 bits per heavy atom. The molecule has 0 saturated carbocycles. The van der Waals surface area contributed by atoms with Crippen molar-refractivity contribution in [3.63, 3.8) is 0 Å². The highest BCUT2D eigenvalue weighted by molar-refractivity contribution is 5.84. The summed E-state index contributed by atoms with van der Waals surface area (Å²) in [6, 6.07) is 4.29. The summed E-state index contributed by atoms with van der Waals surface area (Å²) < 4.78 is 0. The lowest BCUT2D eigenvalue weighted by molar-refractivity contribution is -0.384. The monoisotopic (exact) mass is 251 g/mol. The van der Waals surface area contributed by atoms with Gasteiger partial charge in [0.15, 0.2) is 0 Å². The molecule has 0 aliphatic heterocycles. The van der Waals surface area contributed by atoms with E-state index in [1.165, 1.54) is 0 Å². The molecule has 6 heteroatoms. The lowest BCUT2D eigenvalue weighted by Gasteiger charge is -2.20. The molecule has 0 bridgehead atoms. The number of para-hydroxylation sites is 1. The first-order valence-electron chi connectivity index (χ1n) is 5.64. The highest BCUT2D eigenvalue weighted by Gasteiger charge is 2.24. The number of nitro benzene ring substituents is 1. The Balaban J connectivity index is 3.14. The van der Waals surface area contributed by atoms with Crippen LogP contribution in [0, 0.1) is 23.0 Å². The van der Waals surface area contributed by atoms with Crippen molar-refractivity contribution in [1.29, 1.82) is 0 Å². The minimum atomic E-state index is -0.634. The number of nitrogens with zero attached hydrogens (tertiary/aromatic N) is 1. The minimum Gasteiger partial charge on any atom is -0.368 e. The largest absolute Gasteiger partial charge is 0.368 e. The van der Waals surface area contributed by atoms with Crippen molar-refractivity contribution in [1.82, 2.24) is 0 Å². The maximum Gasteiger partial charge on any atom is 0.295 e. The Hall–Kier alpha value is -2.11. The van der Waals surface area contributed by atoms with Gasteiger partial charge >= 0.3 is 0 Å². The molecule has 1 rings (SSSR count). The molecule has 0 spiro atoms. The summed E-state index contributed by atoms with van der Waals surface area (Å²) in [6.07, 6.45) is 0. The highest BCUT2D eigenvalue weighted by Crippen LogP contribution is 2.29. The fraction of sp³-hybridized carbons (Fsp3) is 0.417. The van der Waals surface area contributed by atoms with E-state index in [1.807, 2.05) is 13.8 Å². The van der Waals surface area contributed by atoms with Crippen molar-refractivity contribution in [2.45, 2.75) is 26.8 Å². The van der Waals surface area contributed by atoms with E-state index in [4.69, 9.17) is 5.73 Å². The first kappa shape index (κ1) is 14.0. The second-order valence-electron chi connectivity index (χ2n) is 4.50. The van der Waals surface area contributed by atoms with Crippen LogP contribution in [0.5, 0.6) is 0 Å². The quantitative estimate of drug-likeness (QED) is 0.616. The first-order chi connectivity index (χ1) is 8.34. The third kappa shape index (κ3) is 2.97. The second kappa shape index (κ2) is 5.48. The fourth-order valence-corrected chi connectivity index (χ4v) is 1.75. The highest BCUT2D eigenvalue weighted by atomic mass is 16.6. The zero-order valence-electron chi connectivity index (χ0n) is 10.6. The van der Waals surface area contributed by atoms with Crippen LogP contribution in [0.15, 0.2) is 18.2 Å². The van der Waals surface area contributed by atoms with E-state index < -0.39 is 16.9 Å². The van der Waals surface area contributed by atoms with E-state index in [0.29, 0.717) is 11.3 Å². The van der Waals surface area contributed by atoms with Gasteiger partial charge < -0.3 is 11.1 Å². The second-order valence-corrected chi connectivity index (χ2v) is 4.50. The van der Waals surface area contributed by atoms with Crippen LogP contribution in [0.25, 0.3) is 0 Å².